The number of carbonyl (C=O) groups is 1. The molecule has 1 unspecified atom stereocenters. The Morgan fingerprint density at radius 3 is 2.76 bits per heavy atom. The van der Waals surface area contributed by atoms with E-state index in [0.29, 0.717) is 6.54 Å². The molecule has 0 fully saturated rings. The van der Waals surface area contributed by atoms with Crippen molar-refractivity contribution in [1.29, 1.82) is 0 Å². The highest BCUT2D eigenvalue weighted by Crippen LogP contribution is 2.15. The van der Waals surface area contributed by atoms with Gasteiger partial charge in [0.15, 0.2) is 0 Å². The summed E-state index contributed by atoms with van der Waals surface area (Å²) in [6.45, 7) is 0.680. The van der Waals surface area contributed by atoms with E-state index in [1.54, 1.807) is 0 Å². The third-order valence-electron chi connectivity index (χ3n) is 2.09. The molecule has 1 amide bonds. The molecule has 1 rings (SSSR count). The molecule has 1 aromatic carbocycles. The summed E-state index contributed by atoms with van der Waals surface area (Å²) in [5, 5.41) is 2.75. The van der Waals surface area contributed by atoms with Crippen molar-refractivity contribution >= 4 is 34.2 Å². The lowest BCUT2D eigenvalue weighted by molar-refractivity contribution is -0.123. The number of halogens is 2. The quantitative estimate of drug-likeness (QED) is 0.862. The summed E-state index contributed by atoms with van der Waals surface area (Å²) < 4.78 is 5.77. The van der Waals surface area contributed by atoms with Gasteiger partial charge in [-0.25, -0.2) is 0 Å². The van der Waals surface area contributed by atoms with Crippen molar-refractivity contribution in [3.8, 4) is 0 Å². The van der Waals surface area contributed by atoms with Gasteiger partial charge >= 0.3 is 0 Å². The third kappa shape index (κ3) is 5.50. The van der Waals surface area contributed by atoms with Crippen LogP contribution < -0.4 is 11.1 Å². The van der Waals surface area contributed by atoms with E-state index >= 15 is 0 Å². The van der Waals surface area contributed by atoms with Crippen LogP contribution in [0.1, 0.15) is 5.56 Å². The molecule has 0 spiro atoms. The van der Waals surface area contributed by atoms with Gasteiger partial charge in [0, 0.05) is 18.1 Å². The third-order valence-corrected chi connectivity index (χ3v) is 2.87. The normalized spacial score (nSPS) is 11.5. The van der Waals surface area contributed by atoms with Crippen LogP contribution in [0, 0.1) is 0 Å². The van der Waals surface area contributed by atoms with E-state index in [0.717, 1.165) is 10.0 Å². The maximum atomic E-state index is 11.5. The molecule has 6 heteroatoms. The summed E-state index contributed by atoms with van der Waals surface area (Å²) in [7, 11) is 1.51. The molecule has 4 nitrogen and oxygen atoms in total. The number of hydrogen-bond acceptors (Lipinski definition) is 3. The zero-order valence-corrected chi connectivity index (χ0v) is 11.9. The van der Waals surface area contributed by atoms with Crippen LogP contribution in [0.25, 0.3) is 0 Å². The molecule has 0 saturated heterocycles. The number of nitrogens with one attached hydrogen (secondary N) is 1. The number of nitrogens with two attached hydrogens (primary N) is 1. The second kappa shape index (κ2) is 8.47. The molecule has 0 saturated carbocycles. The second-order valence-corrected chi connectivity index (χ2v) is 4.23. The zero-order valence-electron chi connectivity index (χ0n) is 9.48. The molecule has 17 heavy (non-hydrogen) atoms. The van der Waals surface area contributed by atoms with Gasteiger partial charge in [-0.15, -0.1) is 12.4 Å². The van der Waals surface area contributed by atoms with Crippen LogP contribution in [-0.4, -0.2) is 25.7 Å². The average molecular weight is 324 g/mol. The summed E-state index contributed by atoms with van der Waals surface area (Å²) in [5.41, 5.74) is 6.60. The van der Waals surface area contributed by atoms with Crippen LogP contribution in [0.2, 0.25) is 0 Å². The second-order valence-electron chi connectivity index (χ2n) is 3.37. The van der Waals surface area contributed by atoms with Crippen molar-refractivity contribution < 1.29 is 9.53 Å². The first-order chi connectivity index (χ1) is 7.65. The van der Waals surface area contributed by atoms with Crippen molar-refractivity contribution in [1.82, 2.24) is 5.32 Å². The minimum Gasteiger partial charge on any atom is -0.383 e. The summed E-state index contributed by atoms with van der Waals surface area (Å²) in [4.78, 5) is 11.5. The smallest absolute Gasteiger partial charge is 0.239 e. The van der Waals surface area contributed by atoms with E-state index in [2.05, 4.69) is 21.2 Å². The van der Waals surface area contributed by atoms with Crippen molar-refractivity contribution in [3.63, 3.8) is 0 Å². The van der Waals surface area contributed by atoms with Crippen molar-refractivity contribution in [2.24, 2.45) is 5.73 Å². The van der Waals surface area contributed by atoms with Crippen LogP contribution in [0.5, 0.6) is 0 Å². The largest absolute Gasteiger partial charge is 0.383 e. The first kappa shape index (κ1) is 16.4. The summed E-state index contributed by atoms with van der Waals surface area (Å²) in [6, 6.07) is 7.09. The van der Waals surface area contributed by atoms with Crippen molar-refractivity contribution in [2.45, 2.75) is 12.6 Å². The Balaban J connectivity index is 0.00000256. The van der Waals surface area contributed by atoms with Gasteiger partial charge in [-0.2, -0.15) is 0 Å². The van der Waals surface area contributed by atoms with Gasteiger partial charge in [-0.1, -0.05) is 34.1 Å². The van der Waals surface area contributed by atoms with Gasteiger partial charge in [0.1, 0.15) is 6.04 Å². The molecule has 0 aliphatic heterocycles. The predicted octanol–water partition coefficient (Wildman–Crippen LogP) is 1.46. The van der Waals surface area contributed by atoms with Crippen LogP contribution in [0.15, 0.2) is 28.7 Å². The standard InChI is InChI=1S/C11H15BrN2O2.ClH/c1-16-7-10(13)11(15)14-6-8-4-2-3-5-9(8)12;/h2-5,10H,6-7,13H2,1H3,(H,14,15);1H. The predicted molar refractivity (Wildman–Crippen MR) is 73.1 cm³/mol. The van der Waals surface area contributed by atoms with E-state index in [4.69, 9.17) is 10.5 Å². The van der Waals surface area contributed by atoms with Gasteiger partial charge in [0.2, 0.25) is 5.91 Å². The van der Waals surface area contributed by atoms with Crippen LogP contribution >= 0.6 is 28.3 Å². The maximum absolute atomic E-state index is 11.5. The Bertz CT molecular complexity index is 363. The van der Waals surface area contributed by atoms with Gasteiger partial charge in [-0.3, -0.25) is 4.79 Å². The minimum atomic E-state index is -0.618. The molecule has 0 radical (unpaired) electrons. The molecular weight excluding hydrogens is 307 g/mol. The number of hydrogen-bond donors (Lipinski definition) is 2. The van der Waals surface area contributed by atoms with Gasteiger partial charge in [-0.05, 0) is 11.6 Å². The number of benzene rings is 1. The first-order valence-electron chi connectivity index (χ1n) is 4.90. The number of rotatable bonds is 5. The lowest BCUT2D eigenvalue weighted by Gasteiger charge is -2.11. The lowest BCUT2D eigenvalue weighted by Crippen LogP contribution is -2.43. The summed E-state index contributed by atoms with van der Waals surface area (Å²) >= 11 is 3.41. The Hall–Kier alpha value is -0.620. The monoisotopic (exact) mass is 322 g/mol. The average Bonchev–Trinajstić information content (AvgIpc) is 2.28. The van der Waals surface area contributed by atoms with Crippen LogP contribution in [-0.2, 0) is 16.1 Å². The fraction of sp³-hybridized carbons (Fsp3) is 0.364. The Morgan fingerprint density at radius 1 is 1.53 bits per heavy atom. The van der Waals surface area contributed by atoms with Crippen molar-refractivity contribution in [2.75, 3.05) is 13.7 Å². The fourth-order valence-electron chi connectivity index (χ4n) is 1.21. The zero-order chi connectivity index (χ0) is 12.0. The van der Waals surface area contributed by atoms with E-state index in [9.17, 15) is 4.79 Å². The van der Waals surface area contributed by atoms with E-state index in [1.807, 2.05) is 24.3 Å². The molecule has 0 bridgehead atoms. The van der Waals surface area contributed by atoms with E-state index < -0.39 is 6.04 Å². The first-order valence-corrected chi connectivity index (χ1v) is 5.70. The molecule has 0 aliphatic rings. The number of amides is 1. The SMILES string of the molecule is COCC(N)C(=O)NCc1ccccc1Br.Cl. The molecule has 1 atom stereocenters. The Morgan fingerprint density at radius 2 is 2.18 bits per heavy atom. The van der Waals surface area contributed by atoms with Crippen LogP contribution in [0.3, 0.4) is 0 Å². The molecule has 3 N–H and O–H groups in total. The minimum absolute atomic E-state index is 0. The number of carbonyl (C=O) groups excluding carboxylic acids is 1. The molecule has 0 heterocycles. The van der Waals surface area contributed by atoms with Gasteiger partial charge in [0.25, 0.3) is 0 Å². The molecule has 96 valence electrons. The topological polar surface area (TPSA) is 64.3 Å². The van der Waals surface area contributed by atoms with Gasteiger partial charge in [0.05, 0.1) is 6.61 Å². The number of ether oxygens (including phenoxy) is 1. The lowest BCUT2D eigenvalue weighted by atomic mass is 10.2. The highest BCUT2D eigenvalue weighted by Gasteiger charge is 2.12. The molecule has 0 aliphatic carbocycles. The summed E-state index contributed by atoms with van der Waals surface area (Å²) in [6.07, 6.45) is 0. The molecule has 0 aromatic heterocycles. The Labute approximate surface area is 115 Å². The Kier molecular flexibility index (Phi) is 8.16. The van der Waals surface area contributed by atoms with Crippen LogP contribution in [0.4, 0.5) is 0 Å². The van der Waals surface area contributed by atoms with Gasteiger partial charge < -0.3 is 15.8 Å². The molecule has 1 aromatic rings. The van der Waals surface area contributed by atoms with Crippen molar-refractivity contribution in [3.05, 3.63) is 34.3 Å². The summed E-state index contributed by atoms with van der Waals surface area (Å²) in [5.74, 6) is -0.211. The van der Waals surface area contributed by atoms with E-state index in [1.165, 1.54) is 7.11 Å². The van der Waals surface area contributed by atoms with E-state index in [-0.39, 0.29) is 24.9 Å². The maximum Gasteiger partial charge on any atom is 0.239 e. The molecular formula is C11H16BrClN2O2. The fourth-order valence-corrected chi connectivity index (χ4v) is 1.64. The highest BCUT2D eigenvalue weighted by atomic mass is 79.9. The number of methoxy groups -OCH3 is 1. The highest BCUT2D eigenvalue weighted by molar-refractivity contribution is 9.10.